The van der Waals surface area contributed by atoms with Gasteiger partial charge < -0.3 is 15.4 Å². The Bertz CT molecular complexity index is 594. The summed E-state index contributed by atoms with van der Waals surface area (Å²) in [4.78, 5) is 8.83. The predicted molar refractivity (Wildman–Crippen MR) is 88.2 cm³/mol. The molecule has 1 aromatic heterocycles. The van der Waals surface area contributed by atoms with E-state index in [2.05, 4.69) is 20.6 Å². The molecule has 0 atom stereocenters. The Labute approximate surface area is 131 Å². The summed E-state index contributed by atoms with van der Waals surface area (Å²) >= 11 is 0. The van der Waals surface area contributed by atoms with E-state index < -0.39 is 0 Å². The molecule has 3 rings (SSSR count). The molecule has 0 spiro atoms. The average molecular weight is 298 g/mol. The normalized spacial score (nSPS) is 14.8. The standard InChI is InChI=1S/C17H22N4O/c1-22-15-8-6-13(7-9-15)12-19-16-10-11-18-17(21-16)20-14-4-2-3-5-14/h6-11,14H,2-5,12H2,1H3,(H2,18,19,20,21). The van der Waals surface area contributed by atoms with Crippen molar-refractivity contribution in [3.63, 3.8) is 0 Å². The number of rotatable bonds is 6. The van der Waals surface area contributed by atoms with E-state index in [1.54, 1.807) is 13.3 Å². The Kier molecular flexibility index (Phi) is 4.73. The van der Waals surface area contributed by atoms with Crippen molar-refractivity contribution in [3.05, 3.63) is 42.1 Å². The van der Waals surface area contributed by atoms with Crippen LogP contribution in [0.1, 0.15) is 31.2 Å². The third-order valence-electron chi connectivity index (χ3n) is 3.98. The number of nitrogens with one attached hydrogen (secondary N) is 2. The van der Waals surface area contributed by atoms with Crippen LogP contribution in [0.5, 0.6) is 5.75 Å². The minimum atomic E-state index is 0.525. The number of methoxy groups -OCH3 is 1. The van der Waals surface area contributed by atoms with Crippen LogP contribution in [0.25, 0.3) is 0 Å². The average Bonchev–Trinajstić information content (AvgIpc) is 3.07. The summed E-state index contributed by atoms with van der Waals surface area (Å²) in [7, 11) is 1.67. The van der Waals surface area contributed by atoms with Crippen molar-refractivity contribution in [2.45, 2.75) is 38.3 Å². The molecule has 1 aliphatic carbocycles. The van der Waals surface area contributed by atoms with Crippen molar-refractivity contribution in [2.75, 3.05) is 17.7 Å². The van der Waals surface area contributed by atoms with Gasteiger partial charge in [-0.1, -0.05) is 25.0 Å². The molecule has 1 aliphatic rings. The zero-order valence-electron chi connectivity index (χ0n) is 12.9. The molecule has 0 radical (unpaired) electrons. The van der Waals surface area contributed by atoms with Crippen LogP contribution < -0.4 is 15.4 Å². The van der Waals surface area contributed by atoms with Gasteiger partial charge in [0, 0.05) is 18.8 Å². The minimum Gasteiger partial charge on any atom is -0.497 e. The number of anilines is 2. The lowest BCUT2D eigenvalue weighted by Crippen LogP contribution is -2.17. The van der Waals surface area contributed by atoms with Gasteiger partial charge >= 0.3 is 0 Å². The van der Waals surface area contributed by atoms with Gasteiger partial charge in [-0.25, -0.2) is 4.98 Å². The number of benzene rings is 1. The third kappa shape index (κ3) is 3.87. The van der Waals surface area contributed by atoms with Crippen LogP contribution in [0.2, 0.25) is 0 Å². The molecule has 1 aromatic carbocycles. The first-order valence-electron chi connectivity index (χ1n) is 7.80. The topological polar surface area (TPSA) is 59.1 Å². The van der Waals surface area contributed by atoms with Crippen LogP contribution in [0.4, 0.5) is 11.8 Å². The molecule has 22 heavy (non-hydrogen) atoms. The highest BCUT2D eigenvalue weighted by Gasteiger charge is 2.15. The maximum atomic E-state index is 5.16. The molecule has 2 aromatic rings. The Morgan fingerprint density at radius 2 is 1.91 bits per heavy atom. The van der Waals surface area contributed by atoms with Crippen molar-refractivity contribution in [2.24, 2.45) is 0 Å². The van der Waals surface area contributed by atoms with E-state index >= 15 is 0 Å². The van der Waals surface area contributed by atoms with Crippen LogP contribution in [0, 0.1) is 0 Å². The van der Waals surface area contributed by atoms with Crippen LogP contribution in [-0.2, 0) is 6.54 Å². The highest BCUT2D eigenvalue weighted by molar-refractivity contribution is 5.41. The zero-order chi connectivity index (χ0) is 15.2. The Morgan fingerprint density at radius 3 is 2.64 bits per heavy atom. The van der Waals surface area contributed by atoms with Crippen molar-refractivity contribution >= 4 is 11.8 Å². The number of aromatic nitrogens is 2. The van der Waals surface area contributed by atoms with Crippen molar-refractivity contribution < 1.29 is 4.74 Å². The second-order valence-corrected chi connectivity index (χ2v) is 5.59. The van der Waals surface area contributed by atoms with Crippen LogP contribution in [0.3, 0.4) is 0 Å². The minimum absolute atomic E-state index is 0.525. The van der Waals surface area contributed by atoms with E-state index in [-0.39, 0.29) is 0 Å². The highest BCUT2D eigenvalue weighted by atomic mass is 16.5. The lowest BCUT2D eigenvalue weighted by molar-refractivity contribution is 0.414. The van der Waals surface area contributed by atoms with E-state index in [1.165, 1.54) is 31.2 Å². The smallest absolute Gasteiger partial charge is 0.224 e. The fraction of sp³-hybridized carbons (Fsp3) is 0.412. The van der Waals surface area contributed by atoms with Gasteiger partial charge in [0.1, 0.15) is 11.6 Å². The van der Waals surface area contributed by atoms with E-state index in [4.69, 9.17) is 4.74 Å². The van der Waals surface area contributed by atoms with Crippen molar-refractivity contribution in [1.82, 2.24) is 9.97 Å². The first kappa shape index (κ1) is 14.6. The fourth-order valence-corrected chi connectivity index (χ4v) is 2.72. The van der Waals surface area contributed by atoms with Gasteiger partial charge in [0.05, 0.1) is 7.11 Å². The number of hydrogen-bond donors (Lipinski definition) is 2. The lowest BCUT2D eigenvalue weighted by atomic mass is 10.2. The first-order chi connectivity index (χ1) is 10.8. The summed E-state index contributed by atoms with van der Waals surface area (Å²) in [6.07, 6.45) is 6.82. The second-order valence-electron chi connectivity index (χ2n) is 5.59. The summed E-state index contributed by atoms with van der Waals surface area (Å²) in [5, 5.41) is 6.75. The van der Waals surface area contributed by atoms with Crippen LogP contribution in [-0.4, -0.2) is 23.1 Å². The van der Waals surface area contributed by atoms with Gasteiger partial charge in [-0.2, -0.15) is 4.98 Å². The molecule has 116 valence electrons. The van der Waals surface area contributed by atoms with Gasteiger partial charge in [0.2, 0.25) is 5.95 Å². The maximum Gasteiger partial charge on any atom is 0.224 e. The monoisotopic (exact) mass is 298 g/mol. The molecule has 5 heteroatoms. The van der Waals surface area contributed by atoms with Gasteiger partial charge in [0.15, 0.2) is 0 Å². The number of ether oxygens (including phenoxy) is 1. The van der Waals surface area contributed by atoms with Gasteiger partial charge in [-0.3, -0.25) is 0 Å². The molecule has 1 saturated carbocycles. The summed E-state index contributed by atoms with van der Waals surface area (Å²) in [5.74, 6) is 2.42. The summed E-state index contributed by atoms with van der Waals surface area (Å²) in [6, 6.07) is 10.4. The fourth-order valence-electron chi connectivity index (χ4n) is 2.72. The quantitative estimate of drug-likeness (QED) is 0.855. The Hall–Kier alpha value is -2.30. The molecular weight excluding hydrogens is 276 g/mol. The highest BCUT2D eigenvalue weighted by Crippen LogP contribution is 2.21. The molecule has 5 nitrogen and oxygen atoms in total. The van der Waals surface area contributed by atoms with E-state index in [0.717, 1.165) is 18.1 Å². The molecular formula is C17H22N4O. The summed E-state index contributed by atoms with van der Waals surface area (Å²) < 4.78 is 5.16. The van der Waals surface area contributed by atoms with Crippen LogP contribution >= 0.6 is 0 Å². The van der Waals surface area contributed by atoms with Crippen molar-refractivity contribution in [1.29, 1.82) is 0 Å². The predicted octanol–water partition coefficient (Wildman–Crippen LogP) is 3.45. The van der Waals surface area contributed by atoms with E-state index in [9.17, 15) is 0 Å². The van der Waals surface area contributed by atoms with Crippen molar-refractivity contribution in [3.8, 4) is 5.75 Å². The molecule has 0 saturated heterocycles. The molecule has 0 bridgehead atoms. The van der Waals surface area contributed by atoms with Gasteiger partial charge in [0.25, 0.3) is 0 Å². The lowest BCUT2D eigenvalue weighted by Gasteiger charge is -2.13. The molecule has 0 aliphatic heterocycles. The molecule has 0 unspecified atom stereocenters. The molecule has 1 heterocycles. The largest absolute Gasteiger partial charge is 0.497 e. The van der Waals surface area contributed by atoms with E-state index in [1.807, 2.05) is 30.3 Å². The number of hydrogen-bond acceptors (Lipinski definition) is 5. The molecule has 1 fully saturated rings. The zero-order valence-corrected chi connectivity index (χ0v) is 12.9. The van der Waals surface area contributed by atoms with Crippen LogP contribution in [0.15, 0.2) is 36.5 Å². The Balaban J connectivity index is 1.57. The van der Waals surface area contributed by atoms with Gasteiger partial charge in [-0.15, -0.1) is 0 Å². The first-order valence-corrected chi connectivity index (χ1v) is 7.80. The summed E-state index contributed by atoms with van der Waals surface area (Å²) in [6.45, 7) is 0.726. The molecule has 2 N–H and O–H groups in total. The molecule has 0 amide bonds. The second kappa shape index (κ2) is 7.11. The maximum absolute atomic E-state index is 5.16. The SMILES string of the molecule is COc1ccc(CNc2ccnc(NC3CCCC3)n2)cc1. The number of nitrogens with zero attached hydrogens (tertiary/aromatic N) is 2. The summed E-state index contributed by atoms with van der Waals surface area (Å²) in [5.41, 5.74) is 1.18. The van der Waals surface area contributed by atoms with Gasteiger partial charge in [-0.05, 0) is 36.6 Å². The van der Waals surface area contributed by atoms with E-state index in [0.29, 0.717) is 12.0 Å². The Morgan fingerprint density at radius 1 is 1.14 bits per heavy atom. The third-order valence-corrected chi connectivity index (χ3v) is 3.98.